The molecule has 1 fully saturated rings. The first-order valence-corrected chi connectivity index (χ1v) is 8.08. The Morgan fingerprint density at radius 3 is 2.57 bits per heavy atom. The number of pyridine rings is 1. The van der Waals surface area contributed by atoms with E-state index in [2.05, 4.69) is 36.0 Å². The predicted octanol–water partition coefficient (Wildman–Crippen LogP) is 2.83. The summed E-state index contributed by atoms with van der Waals surface area (Å²) < 4.78 is 5.78. The van der Waals surface area contributed by atoms with E-state index in [1.165, 1.54) is 32.4 Å². The molecule has 0 bridgehead atoms. The normalized spacial score (nSPS) is 16.9. The number of nitrogens with one attached hydrogen (secondary N) is 1. The Kier molecular flexibility index (Phi) is 6.00. The van der Waals surface area contributed by atoms with Gasteiger partial charge in [0.25, 0.3) is 0 Å². The summed E-state index contributed by atoms with van der Waals surface area (Å²) in [7, 11) is 0. The maximum absolute atomic E-state index is 5.78. The smallest absolute Gasteiger partial charge is 0.137 e. The zero-order chi connectivity index (χ0) is 15.1. The third-order valence-electron chi connectivity index (χ3n) is 3.72. The van der Waals surface area contributed by atoms with Crippen LogP contribution in [-0.2, 0) is 6.54 Å². The van der Waals surface area contributed by atoms with E-state index in [0.29, 0.717) is 0 Å². The van der Waals surface area contributed by atoms with Crippen molar-refractivity contribution >= 4 is 0 Å². The van der Waals surface area contributed by atoms with Crippen molar-refractivity contribution in [2.75, 3.05) is 26.2 Å². The molecular weight excluding hydrogens is 262 g/mol. The second-order valence-electron chi connectivity index (χ2n) is 6.84. The van der Waals surface area contributed by atoms with Gasteiger partial charge in [-0.1, -0.05) is 6.42 Å². The van der Waals surface area contributed by atoms with Crippen LogP contribution in [0.1, 0.15) is 45.7 Å². The number of nitrogens with zero attached hydrogens (tertiary/aromatic N) is 2. The summed E-state index contributed by atoms with van der Waals surface area (Å²) >= 11 is 0. The van der Waals surface area contributed by atoms with Crippen LogP contribution in [0.3, 0.4) is 0 Å². The molecule has 0 spiro atoms. The lowest BCUT2D eigenvalue weighted by Crippen LogP contribution is -2.35. The standard InChI is InChI=1S/C17H29N3O/c1-17(2,3)19-13-15-7-8-16(14-18-15)21-12-11-20-9-5-4-6-10-20/h7-8,14,19H,4-6,9-13H2,1-3H3. The minimum Gasteiger partial charge on any atom is -0.491 e. The number of piperidine rings is 1. The van der Waals surface area contributed by atoms with Crippen LogP contribution in [-0.4, -0.2) is 41.7 Å². The fraction of sp³-hybridized carbons (Fsp3) is 0.706. The van der Waals surface area contributed by atoms with Gasteiger partial charge in [-0.25, -0.2) is 0 Å². The second-order valence-corrected chi connectivity index (χ2v) is 6.84. The molecule has 1 aromatic heterocycles. The third kappa shape index (κ3) is 6.44. The highest BCUT2D eigenvalue weighted by atomic mass is 16.5. The van der Waals surface area contributed by atoms with Gasteiger partial charge in [0, 0.05) is 18.6 Å². The van der Waals surface area contributed by atoms with Gasteiger partial charge in [0.05, 0.1) is 11.9 Å². The molecule has 1 N–H and O–H groups in total. The largest absolute Gasteiger partial charge is 0.491 e. The van der Waals surface area contributed by atoms with Gasteiger partial charge >= 0.3 is 0 Å². The van der Waals surface area contributed by atoms with Gasteiger partial charge in [0.2, 0.25) is 0 Å². The van der Waals surface area contributed by atoms with Crippen molar-refractivity contribution in [1.29, 1.82) is 0 Å². The number of aromatic nitrogens is 1. The Labute approximate surface area is 128 Å². The van der Waals surface area contributed by atoms with Crippen molar-refractivity contribution in [3.8, 4) is 5.75 Å². The molecule has 1 saturated heterocycles. The molecule has 1 aromatic rings. The third-order valence-corrected chi connectivity index (χ3v) is 3.72. The molecule has 4 nitrogen and oxygen atoms in total. The molecule has 2 rings (SSSR count). The minimum absolute atomic E-state index is 0.116. The van der Waals surface area contributed by atoms with Crippen LogP contribution in [0.15, 0.2) is 18.3 Å². The summed E-state index contributed by atoms with van der Waals surface area (Å²) in [6.45, 7) is 11.5. The summed E-state index contributed by atoms with van der Waals surface area (Å²) in [6.07, 6.45) is 5.87. The summed E-state index contributed by atoms with van der Waals surface area (Å²) in [5.41, 5.74) is 1.17. The van der Waals surface area contributed by atoms with Crippen molar-refractivity contribution in [3.05, 3.63) is 24.0 Å². The lowest BCUT2D eigenvalue weighted by molar-refractivity contribution is 0.183. The molecule has 2 heterocycles. The molecule has 0 saturated carbocycles. The summed E-state index contributed by atoms with van der Waals surface area (Å²) in [5, 5.41) is 3.43. The topological polar surface area (TPSA) is 37.4 Å². The quantitative estimate of drug-likeness (QED) is 0.874. The lowest BCUT2D eigenvalue weighted by Gasteiger charge is -2.26. The van der Waals surface area contributed by atoms with Crippen molar-refractivity contribution in [2.24, 2.45) is 0 Å². The fourth-order valence-electron chi connectivity index (χ4n) is 2.43. The van der Waals surface area contributed by atoms with Gasteiger partial charge in [0.15, 0.2) is 0 Å². The zero-order valence-corrected chi connectivity index (χ0v) is 13.7. The number of likely N-dealkylation sites (tertiary alicyclic amines) is 1. The Morgan fingerprint density at radius 2 is 1.95 bits per heavy atom. The van der Waals surface area contributed by atoms with E-state index in [9.17, 15) is 0 Å². The SMILES string of the molecule is CC(C)(C)NCc1ccc(OCCN2CCCCC2)cn1. The van der Waals surface area contributed by atoms with Crippen LogP contribution < -0.4 is 10.1 Å². The van der Waals surface area contributed by atoms with Crippen molar-refractivity contribution in [2.45, 2.75) is 52.1 Å². The summed E-state index contributed by atoms with van der Waals surface area (Å²) in [5.74, 6) is 0.867. The second kappa shape index (κ2) is 7.76. The zero-order valence-electron chi connectivity index (χ0n) is 13.7. The van der Waals surface area contributed by atoms with Gasteiger partial charge in [-0.05, 0) is 58.8 Å². The fourth-order valence-corrected chi connectivity index (χ4v) is 2.43. The van der Waals surface area contributed by atoms with Crippen molar-refractivity contribution in [1.82, 2.24) is 15.2 Å². The average molecular weight is 291 g/mol. The number of rotatable bonds is 6. The van der Waals surface area contributed by atoms with Gasteiger partial charge in [-0.15, -0.1) is 0 Å². The lowest BCUT2D eigenvalue weighted by atomic mass is 10.1. The minimum atomic E-state index is 0.116. The predicted molar refractivity (Wildman–Crippen MR) is 86.6 cm³/mol. The van der Waals surface area contributed by atoms with Gasteiger partial charge in [0.1, 0.15) is 12.4 Å². The van der Waals surface area contributed by atoms with Crippen LogP contribution in [0.25, 0.3) is 0 Å². The number of hydrogen-bond acceptors (Lipinski definition) is 4. The van der Waals surface area contributed by atoms with E-state index < -0.39 is 0 Å². The maximum Gasteiger partial charge on any atom is 0.137 e. The van der Waals surface area contributed by atoms with Gasteiger partial charge in [-0.3, -0.25) is 9.88 Å². The maximum atomic E-state index is 5.78. The first-order valence-electron chi connectivity index (χ1n) is 8.08. The van der Waals surface area contributed by atoms with E-state index in [-0.39, 0.29) is 5.54 Å². The molecule has 118 valence electrons. The van der Waals surface area contributed by atoms with Crippen LogP contribution in [0, 0.1) is 0 Å². The molecule has 0 aliphatic carbocycles. The van der Waals surface area contributed by atoms with E-state index in [1.807, 2.05) is 18.3 Å². The monoisotopic (exact) mass is 291 g/mol. The van der Waals surface area contributed by atoms with Crippen molar-refractivity contribution < 1.29 is 4.74 Å². The van der Waals surface area contributed by atoms with Crippen molar-refractivity contribution in [3.63, 3.8) is 0 Å². The molecule has 0 atom stereocenters. The first kappa shape index (κ1) is 16.2. The van der Waals surface area contributed by atoms with Crippen LogP contribution in [0.5, 0.6) is 5.75 Å². The van der Waals surface area contributed by atoms with E-state index in [0.717, 1.165) is 31.1 Å². The highest BCUT2D eigenvalue weighted by Gasteiger charge is 2.10. The number of hydrogen-bond donors (Lipinski definition) is 1. The molecule has 0 unspecified atom stereocenters. The highest BCUT2D eigenvalue weighted by Crippen LogP contribution is 2.11. The average Bonchev–Trinajstić information content (AvgIpc) is 2.47. The summed E-state index contributed by atoms with van der Waals surface area (Å²) in [4.78, 5) is 6.93. The van der Waals surface area contributed by atoms with E-state index >= 15 is 0 Å². The molecule has 21 heavy (non-hydrogen) atoms. The Hall–Kier alpha value is -1.13. The van der Waals surface area contributed by atoms with Crippen LogP contribution in [0.2, 0.25) is 0 Å². The molecule has 1 aliphatic rings. The molecule has 0 aromatic carbocycles. The molecule has 0 amide bonds. The molecule has 0 radical (unpaired) electrons. The number of ether oxygens (including phenoxy) is 1. The van der Waals surface area contributed by atoms with Crippen LogP contribution >= 0.6 is 0 Å². The Balaban J connectivity index is 1.69. The van der Waals surface area contributed by atoms with E-state index in [1.54, 1.807) is 0 Å². The Bertz CT molecular complexity index is 405. The first-order chi connectivity index (χ1) is 10.0. The highest BCUT2D eigenvalue weighted by molar-refractivity contribution is 5.19. The molecular formula is C17H29N3O. The van der Waals surface area contributed by atoms with Gasteiger partial charge in [-0.2, -0.15) is 0 Å². The summed E-state index contributed by atoms with van der Waals surface area (Å²) in [6, 6.07) is 4.05. The Morgan fingerprint density at radius 1 is 1.19 bits per heavy atom. The molecule has 1 aliphatic heterocycles. The van der Waals surface area contributed by atoms with Gasteiger partial charge < -0.3 is 10.1 Å². The van der Waals surface area contributed by atoms with E-state index in [4.69, 9.17) is 4.74 Å². The van der Waals surface area contributed by atoms with Crippen LogP contribution in [0.4, 0.5) is 0 Å². The molecule has 4 heteroatoms.